The molecule has 36 heavy (non-hydrogen) atoms. The van der Waals surface area contributed by atoms with E-state index in [1.54, 1.807) is 0 Å². The standard InChI is InChI=1S/C18H30O2.C14H26O2/c1-5-17(3,4)16(19)20-18(6-2)14-8-12-7-13(10-14)11-15(18)9-12;1-5-13(3,4)12(15)16-14(6-2)10-8-7-9-11-14/h12-15H,5-11H2,1-4H3;5-11H2,1-4H3. The van der Waals surface area contributed by atoms with Gasteiger partial charge in [0.05, 0.1) is 10.8 Å². The van der Waals surface area contributed by atoms with E-state index in [1.807, 2.05) is 34.6 Å². The van der Waals surface area contributed by atoms with Gasteiger partial charge in [-0.15, -0.1) is 0 Å². The third-order valence-corrected chi connectivity index (χ3v) is 10.9. The van der Waals surface area contributed by atoms with E-state index in [2.05, 4.69) is 20.8 Å². The van der Waals surface area contributed by atoms with Crippen molar-refractivity contribution in [3.63, 3.8) is 0 Å². The molecule has 5 fully saturated rings. The van der Waals surface area contributed by atoms with E-state index >= 15 is 0 Å². The van der Waals surface area contributed by atoms with Crippen LogP contribution >= 0.6 is 0 Å². The van der Waals surface area contributed by atoms with Crippen molar-refractivity contribution in [3.05, 3.63) is 0 Å². The third kappa shape index (κ3) is 5.98. The van der Waals surface area contributed by atoms with E-state index < -0.39 is 0 Å². The maximum atomic E-state index is 12.6. The van der Waals surface area contributed by atoms with Crippen molar-refractivity contribution in [2.24, 2.45) is 34.5 Å². The minimum Gasteiger partial charge on any atom is -0.459 e. The number of ether oxygens (including phenoxy) is 2. The van der Waals surface area contributed by atoms with Crippen LogP contribution in [0.3, 0.4) is 0 Å². The van der Waals surface area contributed by atoms with Crippen LogP contribution in [0.1, 0.15) is 145 Å². The first-order valence-corrected chi connectivity index (χ1v) is 15.3. The van der Waals surface area contributed by atoms with Crippen molar-refractivity contribution in [3.8, 4) is 0 Å². The Hall–Kier alpha value is -1.06. The SMILES string of the molecule is CCC(C)(C)C(=O)OC1(CC)C2CC3CC(C2)CC1C3.CCC1(OC(=O)C(C)(C)CC)CCCCC1. The molecule has 0 spiro atoms. The first-order chi connectivity index (χ1) is 16.9. The lowest BCUT2D eigenvalue weighted by atomic mass is 9.49. The van der Waals surface area contributed by atoms with Crippen molar-refractivity contribution in [2.45, 2.75) is 156 Å². The molecule has 0 saturated heterocycles. The van der Waals surface area contributed by atoms with Gasteiger partial charge in [0.15, 0.2) is 0 Å². The minimum absolute atomic E-state index is 0.0150. The highest BCUT2D eigenvalue weighted by Crippen LogP contribution is 2.61. The van der Waals surface area contributed by atoms with E-state index in [0.29, 0.717) is 11.8 Å². The average Bonchev–Trinajstić information content (AvgIpc) is 2.86. The van der Waals surface area contributed by atoms with Crippen LogP contribution in [0, 0.1) is 34.5 Å². The van der Waals surface area contributed by atoms with Crippen LogP contribution in [0.15, 0.2) is 0 Å². The molecule has 5 aliphatic rings. The maximum absolute atomic E-state index is 12.6. The Kier molecular flexibility index (Phi) is 9.31. The van der Waals surface area contributed by atoms with Crippen LogP contribution < -0.4 is 0 Å². The van der Waals surface area contributed by atoms with Crippen molar-refractivity contribution in [1.29, 1.82) is 0 Å². The summed E-state index contributed by atoms with van der Waals surface area (Å²) in [5.74, 6) is 3.15. The second kappa shape index (κ2) is 11.4. The summed E-state index contributed by atoms with van der Waals surface area (Å²) in [6.07, 6.45) is 16.1. The third-order valence-electron chi connectivity index (χ3n) is 10.9. The van der Waals surface area contributed by atoms with Crippen molar-refractivity contribution >= 4 is 11.9 Å². The molecule has 0 aromatic carbocycles. The Bertz CT molecular complexity index is 730. The quantitative estimate of drug-likeness (QED) is 0.310. The van der Waals surface area contributed by atoms with E-state index in [0.717, 1.165) is 50.4 Å². The van der Waals surface area contributed by atoms with Crippen LogP contribution in [0.2, 0.25) is 0 Å². The molecular formula is C32H56O4. The van der Waals surface area contributed by atoms with E-state index in [1.165, 1.54) is 51.4 Å². The number of rotatable bonds is 8. The number of hydrogen-bond acceptors (Lipinski definition) is 4. The zero-order chi connectivity index (χ0) is 26.8. The maximum Gasteiger partial charge on any atom is 0.312 e. The highest BCUT2D eigenvalue weighted by Gasteiger charge is 2.59. The van der Waals surface area contributed by atoms with Crippen LogP contribution in [0.25, 0.3) is 0 Å². The largest absolute Gasteiger partial charge is 0.459 e. The smallest absolute Gasteiger partial charge is 0.312 e. The number of esters is 2. The molecule has 0 radical (unpaired) electrons. The van der Waals surface area contributed by atoms with Gasteiger partial charge in [-0.05, 0) is 135 Å². The molecule has 5 rings (SSSR count). The fraction of sp³-hybridized carbons (Fsp3) is 0.938. The molecule has 5 saturated carbocycles. The normalized spacial score (nSPS) is 32.9. The summed E-state index contributed by atoms with van der Waals surface area (Å²) in [5.41, 5.74) is -0.949. The zero-order valence-corrected chi connectivity index (χ0v) is 24.8. The minimum atomic E-state index is -0.336. The molecule has 0 aromatic rings. The predicted octanol–water partition coefficient (Wildman–Crippen LogP) is 8.65. The van der Waals surface area contributed by atoms with Crippen molar-refractivity contribution in [1.82, 2.24) is 0 Å². The number of carbonyl (C=O) groups excluding carboxylic acids is 2. The Labute approximate surface area is 222 Å². The fourth-order valence-electron chi connectivity index (χ4n) is 7.46. The molecule has 0 atom stereocenters. The van der Waals surface area contributed by atoms with Crippen LogP contribution in [0.5, 0.6) is 0 Å². The average molecular weight is 505 g/mol. The van der Waals surface area contributed by atoms with Crippen molar-refractivity contribution in [2.75, 3.05) is 0 Å². The monoisotopic (exact) mass is 504 g/mol. The Morgan fingerprint density at radius 3 is 1.50 bits per heavy atom. The molecule has 4 heteroatoms. The summed E-state index contributed by atoms with van der Waals surface area (Å²) < 4.78 is 12.1. The highest BCUT2D eigenvalue weighted by atomic mass is 16.6. The summed E-state index contributed by atoms with van der Waals surface area (Å²) in [4.78, 5) is 24.7. The Balaban J connectivity index is 0.000000207. The molecule has 0 aromatic heterocycles. The second-order valence-corrected chi connectivity index (χ2v) is 14.0. The van der Waals surface area contributed by atoms with Gasteiger partial charge >= 0.3 is 11.9 Å². The number of carbonyl (C=O) groups is 2. The fourth-order valence-corrected chi connectivity index (χ4v) is 7.46. The topological polar surface area (TPSA) is 52.6 Å². The van der Waals surface area contributed by atoms with Crippen LogP contribution in [-0.4, -0.2) is 23.1 Å². The van der Waals surface area contributed by atoms with Crippen LogP contribution in [-0.2, 0) is 19.1 Å². The second-order valence-electron chi connectivity index (χ2n) is 14.0. The summed E-state index contributed by atoms with van der Waals surface area (Å²) in [6, 6.07) is 0. The number of hydrogen-bond donors (Lipinski definition) is 0. The van der Waals surface area contributed by atoms with Gasteiger partial charge in [-0.2, -0.15) is 0 Å². The van der Waals surface area contributed by atoms with Gasteiger partial charge in [-0.1, -0.05) is 34.1 Å². The lowest BCUT2D eigenvalue weighted by Crippen LogP contribution is -2.60. The Morgan fingerprint density at radius 2 is 1.11 bits per heavy atom. The van der Waals surface area contributed by atoms with Crippen molar-refractivity contribution < 1.29 is 19.1 Å². The Morgan fingerprint density at radius 1 is 0.667 bits per heavy atom. The molecule has 5 aliphatic carbocycles. The van der Waals surface area contributed by atoms with Gasteiger partial charge in [-0.3, -0.25) is 9.59 Å². The zero-order valence-electron chi connectivity index (χ0n) is 24.8. The molecule has 0 unspecified atom stereocenters. The van der Waals surface area contributed by atoms with Gasteiger partial charge in [0.2, 0.25) is 0 Å². The molecule has 0 N–H and O–H groups in total. The van der Waals surface area contributed by atoms with E-state index in [4.69, 9.17) is 9.47 Å². The first-order valence-electron chi connectivity index (χ1n) is 15.3. The molecule has 208 valence electrons. The first kappa shape index (κ1) is 29.5. The molecule has 4 bridgehead atoms. The summed E-state index contributed by atoms with van der Waals surface area (Å²) in [6.45, 7) is 16.5. The molecular weight excluding hydrogens is 448 g/mol. The van der Waals surface area contributed by atoms with E-state index in [-0.39, 0.29) is 34.0 Å². The van der Waals surface area contributed by atoms with Gasteiger partial charge in [0, 0.05) is 0 Å². The molecule has 0 aliphatic heterocycles. The van der Waals surface area contributed by atoms with Gasteiger partial charge in [-0.25, -0.2) is 0 Å². The van der Waals surface area contributed by atoms with Gasteiger partial charge in [0.25, 0.3) is 0 Å². The molecule has 4 nitrogen and oxygen atoms in total. The van der Waals surface area contributed by atoms with E-state index in [9.17, 15) is 9.59 Å². The lowest BCUT2D eigenvalue weighted by Gasteiger charge is -2.60. The highest BCUT2D eigenvalue weighted by molar-refractivity contribution is 5.76. The summed E-state index contributed by atoms with van der Waals surface area (Å²) in [7, 11) is 0. The predicted molar refractivity (Wildman–Crippen MR) is 147 cm³/mol. The van der Waals surface area contributed by atoms with Gasteiger partial charge < -0.3 is 9.47 Å². The summed E-state index contributed by atoms with van der Waals surface area (Å²) in [5, 5.41) is 0. The molecule has 0 heterocycles. The molecule has 0 amide bonds. The van der Waals surface area contributed by atoms with Crippen LogP contribution in [0.4, 0.5) is 0 Å². The van der Waals surface area contributed by atoms with Gasteiger partial charge in [0.1, 0.15) is 11.2 Å². The summed E-state index contributed by atoms with van der Waals surface area (Å²) >= 11 is 0. The lowest BCUT2D eigenvalue weighted by molar-refractivity contribution is -0.218.